The van der Waals surface area contributed by atoms with Gasteiger partial charge in [0.1, 0.15) is 23.7 Å². The molecule has 8 nitrogen and oxygen atoms in total. The second-order valence-electron chi connectivity index (χ2n) is 6.99. The van der Waals surface area contributed by atoms with Crippen LogP contribution in [0, 0.1) is 5.82 Å². The number of nitrogens with one attached hydrogen (secondary N) is 2. The first-order valence-electron chi connectivity index (χ1n) is 10.5. The van der Waals surface area contributed by atoms with E-state index in [4.69, 9.17) is 10.5 Å². The van der Waals surface area contributed by atoms with Gasteiger partial charge in [0.2, 0.25) is 5.95 Å². The number of carbonyl (C=O) groups is 1. The lowest BCUT2D eigenvalue weighted by atomic mass is 10.3. The fourth-order valence-corrected chi connectivity index (χ4v) is 3.63. The lowest BCUT2D eigenvalue weighted by Crippen LogP contribution is -2.38. The molecule has 1 aromatic carbocycles. The predicted octanol–water partition coefficient (Wildman–Crippen LogP) is 4.13. The number of benzene rings is 1. The number of pyridine rings is 1. The average Bonchev–Trinajstić information content (AvgIpc) is 2.80. The molecule has 0 amide bonds. The Labute approximate surface area is 198 Å². The Balaban J connectivity index is 0.00000122. The summed E-state index contributed by atoms with van der Waals surface area (Å²) < 4.78 is 14.6. The van der Waals surface area contributed by atoms with Crippen molar-refractivity contribution in [3.05, 3.63) is 54.6 Å². The van der Waals surface area contributed by atoms with Gasteiger partial charge >= 0.3 is 0 Å². The van der Waals surface area contributed by atoms with E-state index in [9.17, 15) is 4.39 Å². The molecule has 0 aliphatic rings. The quantitative estimate of drug-likeness (QED) is 0.397. The van der Waals surface area contributed by atoms with Crippen molar-refractivity contribution in [3.8, 4) is 0 Å². The molecule has 0 radical (unpaired) electrons. The Bertz CT molecular complexity index is 1020. The van der Waals surface area contributed by atoms with Gasteiger partial charge in [0.05, 0.1) is 0 Å². The number of hydrogen-bond donors (Lipinski definition) is 3. The molecule has 176 valence electrons. The van der Waals surface area contributed by atoms with Crippen molar-refractivity contribution in [1.82, 2.24) is 20.3 Å². The van der Waals surface area contributed by atoms with Crippen LogP contribution < -0.4 is 21.3 Å². The van der Waals surface area contributed by atoms with Crippen LogP contribution in [0.5, 0.6) is 0 Å². The van der Waals surface area contributed by atoms with Gasteiger partial charge in [-0.3, -0.25) is 4.98 Å². The summed E-state index contributed by atoms with van der Waals surface area (Å²) in [7, 11) is 1.92. The van der Waals surface area contributed by atoms with Gasteiger partial charge in [-0.25, -0.2) is 4.39 Å². The number of nitrogens with two attached hydrogens (primary N) is 1. The van der Waals surface area contributed by atoms with Gasteiger partial charge < -0.3 is 26.1 Å². The van der Waals surface area contributed by atoms with Crippen molar-refractivity contribution >= 4 is 41.3 Å². The number of aromatic nitrogens is 3. The highest BCUT2D eigenvalue weighted by Crippen LogP contribution is 2.31. The topological polar surface area (TPSA) is 109 Å². The van der Waals surface area contributed by atoms with Gasteiger partial charge in [0.25, 0.3) is 0 Å². The van der Waals surface area contributed by atoms with Gasteiger partial charge in [0, 0.05) is 53.1 Å². The lowest BCUT2D eigenvalue weighted by Gasteiger charge is -2.25. The van der Waals surface area contributed by atoms with Gasteiger partial charge in [0.15, 0.2) is 0 Å². The molecule has 2 aromatic heterocycles. The summed E-state index contributed by atoms with van der Waals surface area (Å²) in [6.07, 6.45) is 4.12. The zero-order valence-electron chi connectivity index (χ0n) is 19.2. The van der Waals surface area contributed by atoms with Crippen LogP contribution in [-0.2, 0) is 4.79 Å². The minimum absolute atomic E-state index is 0.163. The molecule has 0 saturated heterocycles. The molecule has 0 aliphatic carbocycles. The highest BCUT2D eigenvalue weighted by molar-refractivity contribution is 7.99. The Hall–Kier alpha value is -3.24. The van der Waals surface area contributed by atoms with Crippen molar-refractivity contribution in [2.75, 3.05) is 36.1 Å². The van der Waals surface area contributed by atoms with Crippen LogP contribution in [-0.4, -0.2) is 47.4 Å². The molecule has 10 heteroatoms. The number of nitrogen functional groups attached to an aromatic ring is 1. The molecule has 33 heavy (non-hydrogen) atoms. The van der Waals surface area contributed by atoms with Crippen LogP contribution in [0.15, 0.2) is 58.6 Å². The normalized spacial score (nSPS) is 11.2. The Kier molecular flexibility index (Phi) is 10.5. The van der Waals surface area contributed by atoms with E-state index in [2.05, 4.69) is 44.3 Å². The molecule has 2 heterocycles. The van der Waals surface area contributed by atoms with Crippen molar-refractivity contribution in [2.24, 2.45) is 0 Å². The first kappa shape index (κ1) is 26.0. The predicted molar refractivity (Wildman–Crippen MR) is 133 cm³/mol. The fraction of sp³-hybridized carbons (Fsp3) is 0.304. The molecule has 0 saturated carbocycles. The van der Waals surface area contributed by atoms with Gasteiger partial charge in [-0.1, -0.05) is 11.8 Å². The van der Waals surface area contributed by atoms with Crippen LogP contribution >= 0.6 is 11.8 Å². The maximum atomic E-state index is 14.6. The fourth-order valence-electron chi connectivity index (χ4n) is 2.83. The number of carbonyl (C=O) groups excluding carboxylic acids is 1. The standard InChI is InChI=1S/C21H26FN7S.C2H4O/c1-4-29(13-14(2)24-3)20-12-19(27-21(23)28-20)26-15-5-6-18(17(22)11-15)30-16-7-9-25-10-8-16;1-2-3/h5-12,14,24H,4,13H2,1-3H3,(H3,23,26,27,28);2H,1H3. The number of hydrogen-bond acceptors (Lipinski definition) is 9. The molecule has 0 spiro atoms. The van der Waals surface area contributed by atoms with Crippen molar-refractivity contribution in [1.29, 1.82) is 0 Å². The highest BCUT2D eigenvalue weighted by atomic mass is 32.2. The molecule has 1 unspecified atom stereocenters. The third-order valence-corrected chi connectivity index (χ3v) is 5.56. The van der Waals surface area contributed by atoms with Gasteiger partial charge in [-0.2, -0.15) is 9.97 Å². The summed E-state index contributed by atoms with van der Waals surface area (Å²) in [5, 5.41) is 6.35. The van der Waals surface area contributed by atoms with E-state index < -0.39 is 0 Å². The Morgan fingerprint density at radius 1 is 1.21 bits per heavy atom. The number of likely N-dealkylation sites (N-methyl/N-ethyl adjacent to an activating group) is 2. The Morgan fingerprint density at radius 3 is 2.52 bits per heavy atom. The van der Waals surface area contributed by atoms with Crippen molar-refractivity contribution < 1.29 is 9.18 Å². The smallest absolute Gasteiger partial charge is 0.223 e. The summed E-state index contributed by atoms with van der Waals surface area (Å²) >= 11 is 1.35. The molecule has 3 aromatic rings. The van der Waals surface area contributed by atoms with Crippen LogP contribution in [0.1, 0.15) is 20.8 Å². The molecule has 4 N–H and O–H groups in total. The second kappa shape index (κ2) is 13.3. The number of halogens is 1. The third kappa shape index (κ3) is 8.32. The van der Waals surface area contributed by atoms with Crippen LogP contribution in [0.4, 0.5) is 27.7 Å². The van der Waals surface area contributed by atoms with E-state index >= 15 is 0 Å². The van der Waals surface area contributed by atoms with E-state index in [0.29, 0.717) is 16.4 Å². The van der Waals surface area contributed by atoms with Crippen LogP contribution in [0.2, 0.25) is 0 Å². The second-order valence-corrected chi connectivity index (χ2v) is 8.10. The molecule has 0 aliphatic heterocycles. The van der Waals surface area contributed by atoms with Crippen molar-refractivity contribution in [2.45, 2.75) is 36.6 Å². The summed E-state index contributed by atoms with van der Waals surface area (Å²) in [6.45, 7) is 7.15. The minimum Gasteiger partial charge on any atom is -0.368 e. The molecule has 0 bridgehead atoms. The average molecular weight is 472 g/mol. The monoisotopic (exact) mass is 471 g/mol. The van der Waals surface area contributed by atoms with Gasteiger partial charge in [-0.05, 0) is 58.2 Å². The van der Waals surface area contributed by atoms with E-state index in [1.54, 1.807) is 18.5 Å². The minimum atomic E-state index is -0.318. The first-order valence-corrected chi connectivity index (χ1v) is 11.3. The lowest BCUT2D eigenvalue weighted by molar-refractivity contribution is -0.106. The van der Waals surface area contributed by atoms with Gasteiger partial charge in [-0.15, -0.1) is 0 Å². The zero-order chi connectivity index (χ0) is 24.2. The first-order chi connectivity index (χ1) is 15.9. The van der Waals surface area contributed by atoms with E-state index in [-0.39, 0.29) is 17.8 Å². The number of rotatable bonds is 9. The van der Waals surface area contributed by atoms with E-state index in [1.165, 1.54) is 24.8 Å². The van der Waals surface area contributed by atoms with Crippen molar-refractivity contribution in [3.63, 3.8) is 0 Å². The molecular weight excluding hydrogens is 441 g/mol. The summed E-state index contributed by atoms with van der Waals surface area (Å²) in [5.41, 5.74) is 6.51. The number of anilines is 4. The zero-order valence-corrected chi connectivity index (χ0v) is 20.1. The molecular formula is C23H30FN7OS. The Morgan fingerprint density at radius 2 is 1.91 bits per heavy atom. The summed E-state index contributed by atoms with van der Waals surface area (Å²) in [5.74, 6) is 1.08. The largest absolute Gasteiger partial charge is 0.368 e. The number of aldehydes is 1. The molecule has 1 atom stereocenters. The van der Waals surface area contributed by atoms with Crippen LogP contribution in [0.25, 0.3) is 0 Å². The van der Waals surface area contributed by atoms with E-state index in [0.717, 1.165) is 30.1 Å². The summed E-state index contributed by atoms with van der Waals surface area (Å²) in [6, 6.07) is 10.8. The number of nitrogens with zero attached hydrogens (tertiary/aromatic N) is 4. The maximum Gasteiger partial charge on any atom is 0.223 e. The highest BCUT2D eigenvalue weighted by Gasteiger charge is 2.13. The van der Waals surface area contributed by atoms with E-state index in [1.807, 2.05) is 31.3 Å². The molecule has 3 rings (SSSR count). The SMILES string of the molecule is CC=O.CCN(CC(C)NC)c1cc(Nc2ccc(Sc3ccncc3)c(F)c2)nc(N)n1. The summed E-state index contributed by atoms with van der Waals surface area (Å²) in [4.78, 5) is 25.0. The van der Waals surface area contributed by atoms with Crippen LogP contribution in [0.3, 0.4) is 0 Å². The third-order valence-electron chi connectivity index (χ3n) is 4.50. The maximum absolute atomic E-state index is 14.6. The molecule has 0 fully saturated rings.